The number of hydrogen-bond donors (Lipinski definition) is 0. The van der Waals surface area contributed by atoms with E-state index in [1.54, 1.807) is 18.2 Å². The van der Waals surface area contributed by atoms with Gasteiger partial charge in [0.25, 0.3) is 0 Å². The number of pyridine rings is 1. The molecule has 0 bridgehead atoms. The second kappa shape index (κ2) is 7.14. The zero-order valence-corrected chi connectivity index (χ0v) is 14.3. The topological polar surface area (TPSA) is 57.7 Å². The third kappa shape index (κ3) is 4.11. The number of fused-ring (bicyclic) bond motifs is 1. The van der Waals surface area contributed by atoms with Crippen molar-refractivity contribution in [3.8, 4) is 22.6 Å². The number of carbonyl (C=O) groups excluding carboxylic acids is 1. The standard InChI is InChI=1S/C19H14F3NO4/c1-25-15-8-12-7-13(18(24)26-2)10-23-17(12)16(9-15)11-3-5-14(6-4-11)27-19(20,21)22/h3-10H,1-2H3. The van der Waals surface area contributed by atoms with Crippen LogP contribution in [0.15, 0.2) is 48.7 Å². The molecule has 0 aliphatic rings. The molecule has 2 aromatic carbocycles. The lowest BCUT2D eigenvalue weighted by Gasteiger charge is -2.12. The Labute approximate surface area is 152 Å². The number of benzene rings is 2. The van der Waals surface area contributed by atoms with Crippen LogP contribution in [0.1, 0.15) is 10.4 Å². The fourth-order valence-electron chi connectivity index (χ4n) is 2.63. The molecule has 3 aromatic rings. The van der Waals surface area contributed by atoms with Crippen LogP contribution in [0, 0.1) is 0 Å². The highest BCUT2D eigenvalue weighted by atomic mass is 19.4. The predicted octanol–water partition coefficient (Wildman–Crippen LogP) is 4.60. The first-order chi connectivity index (χ1) is 12.8. The fourth-order valence-corrected chi connectivity index (χ4v) is 2.63. The summed E-state index contributed by atoms with van der Waals surface area (Å²) in [5.41, 5.74) is 2.09. The molecule has 27 heavy (non-hydrogen) atoms. The lowest BCUT2D eigenvalue weighted by molar-refractivity contribution is -0.274. The van der Waals surface area contributed by atoms with Crippen molar-refractivity contribution < 1.29 is 32.2 Å². The second-order valence-corrected chi connectivity index (χ2v) is 5.53. The van der Waals surface area contributed by atoms with Crippen LogP contribution < -0.4 is 9.47 Å². The molecule has 0 amide bonds. The summed E-state index contributed by atoms with van der Waals surface area (Å²) in [6.07, 6.45) is -3.37. The number of carbonyl (C=O) groups is 1. The van der Waals surface area contributed by atoms with E-state index in [9.17, 15) is 18.0 Å². The van der Waals surface area contributed by atoms with Crippen molar-refractivity contribution in [1.29, 1.82) is 0 Å². The molecule has 1 aromatic heterocycles. The number of halogens is 3. The van der Waals surface area contributed by atoms with Gasteiger partial charge in [-0.2, -0.15) is 0 Å². The first kappa shape index (κ1) is 18.5. The van der Waals surface area contributed by atoms with Crippen LogP contribution in [0.2, 0.25) is 0 Å². The van der Waals surface area contributed by atoms with Crippen LogP contribution in [0.3, 0.4) is 0 Å². The van der Waals surface area contributed by atoms with Crippen molar-refractivity contribution in [2.24, 2.45) is 0 Å². The Balaban J connectivity index is 2.08. The predicted molar refractivity (Wildman–Crippen MR) is 91.8 cm³/mol. The van der Waals surface area contributed by atoms with Gasteiger partial charge < -0.3 is 14.2 Å². The summed E-state index contributed by atoms with van der Waals surface area (Å²) < 4.78 is 50.8. The average molecular weight is 377 g/mol. The largest absolute Gasteiger partial charge is 0.573 e. The number of esters is 1. The van der Waals surface area contributed by atoms with Gasteiger partial charge in [-0.05, 0) is 35.9 Å². The van der Waals surface area contributed by atoms with Gasteiger partial charge in [0.2, 0.25) is 0 Å². The van der Waals surface area contributed by atoms with E-state index < -0.39 is 12.3 Å². The lowest BCUT2D eigenvalue weighted by atomic mass is 10.0. The molecule has 0 saturated carbocycles. The normalized spacial score (nSPS) is 11.3. The van der Waals surface area contributed by atoms with Gasteiger partial charge in [0.1, 0.15) is 11.5 Å². The van der Waals surface area contributed by atoms with E-state index in [-0.39, 0.29) is 11.3 Å². The third-order valence-electron chi connectivity index (χ3n) is 3.81. The average Bonchev–Trinajstić information content (AvgIpc) is 2.65. The Hall–Kier alpha value is -3.29. The summed E-state index contributed by atoms with van der Waals surface area (Å²) in [7, 11) is 2.76. The Bertz CT molecular complexity index is 985. The Morgan fingerprint density at radius 3 is 2.30 bits per heavy atom. The molecule has 0 spiro atoms. The van der Waals surface area contributed by atoms with Gasteiger partial charge in [0.05, 0.1) is 25.3 Å². The van der Waals surface area contributed by atoms with Gasteiger partial charge in [-0.25, -0.2) is 4.79 Å². The molecule has 8 heteroatoms. The van der Waals surface area contributed by atoms with Crippen LogP contribution in [-0.2, 0) is 4.74 Å². The summed E-state index contributed by atoms with van der Waals surface area (Å²) >= 11 is 0. The van der Waals surface area contributed by atoms with Gasteiger partial charge in [0, 0.05) is 17.1 Å². The minimum atomic E-state index is -4.75. The molecule has 0 atom stereocenters. The molecule has 1 heterocycles. The van der Waals surface area contributed by atoms with Gasteiger partial charge in [-0.3, -0.25) is 4.98 Å². The van der Waals surface area contributed by atoms with E-state index in [0.717, 1.165) is 0 Å². The molecule has 3 rings (SSSR count). The number of alkyl halides is 3. The Morgan fingerprint density at radius 2 is 1.70 bits per heavy atom. The lowest BCUT2D eigenvalue weighted by Crippen LogP contribution is -2.16. The van der Waals surface area contributed by atoms with E-state index in [4.69, 9.17) is 9.47 Å². The Morgan fingerprint density at radius 1 is 1.00 bits per heavy atom. The van der Waals surface area contributed by atoms with E-state index in [1.165, 1.54) is 44.7 Å². The summed E-state index contributed by atoms with van der Waals surface area (Å²) in [6, 6.07) is 10.5. The monoisotopic (exact) mass is 377 g/mol. The fraction of sp³-hybridized carbons (Fsp3) is 0.158. The SMILES string of the molecule is COC(=O)c1cnc2c(-c3ccc(OC(F)(F)F)cc3)cc(OC)cc2c1. The quantitative estimate of drug-likeness (QED) is 0.622. The molecular formula is C19H14F3NO4. The molecule has 0 radical (unpaired) electrons. The van der Waals surface area contributed by atoms with E-state index in [1.807, 2.05) is 0 Å². The Kier molecular flexibility index (Phi) is 4.89. The van der Waals surface area contributed by atoms with Gasteiger partial charge in [0.15, 0.2) is 0 Å². The summed E-state index contributed by atoms with van der Waals surface area (Å²) in [6.45, 7) is 0. The third-order valence-corrected chi connectivity index (χ3v) is 3.81. The van der Waals surface area contributed by atoms with Crippen molar-refractivity contribution in [2.45, 2.75) is 6.36 Å². The van der Waals surface area contributed by atoms with Crippen LogP contribution in [0.5, 0.6) is 11.5 Å². The molecule has 0 aliphatic carbocycles. The highest BCUT2D eigenvalue weighted by Crippen LogP contribution is 2.34. The van der Waals surface area contributed by atoms with Crippen LogP contribution in [0.4, 0.5) is 13.2 Å². The number of nitrogens with zero attached hydrogens (tertiary/aromatic N) is 1. The zero-order chi connectivity index (χ0) is 19.6. The minimum absolute atomic E-state index is 0.276. The summed E-state index contributed by atoms with van der Waals surface area (Å²) in [4.78, 5) is 16.0. The van der Waals surface area contributed by atoms with Crippen molar-refractivity contribution in [2.75, 3.05) is 14.2 Å². The first-order valence-corrected chi connectivity index (χ1v) is 7.73. The molecule has 0 unspecified atom stereocenters. The highest BCUT2D eigenvalue weighted by molar-refractivity contribution is 5.99. The summed E-state index contributed by atoms with van der Waals surface area (Å²) in [5, 5.41) is 0.628. The smallest absolute Gasteiger partial charge is 0.497 e. The number of ether oxygens (including phenoxy) is 3. The summed E-state index contributed by atoms with van der Waals surface area (Å²) in [5.74, 6) is -0.334. The zero-order valence-electron chi connectivity index (χ0n) is 14.3. The maximum absolute atomic E-state index is 12.3. The van der Waals surface area contributed by atoms with Gasteiger partial charge in [-0.15, -0.1) is 13.2 Å². The van der Waals surface area contributed by atoms with Crippen molar-refractivity contribution in [3.05, 3.63) is 54.2 Å². The van der Waals surface area contributed by atoms with Crippen molar-refractivity contribution in [3.63, 3.8) is 0 Å². The highest BCUT2D eigenvalue weighted by Gasteiger charge is 2.31. The molecule has 0 aliphatic heterocycles. The molecular weight excluding hydrogens is 363 g/mol. The van der Waals surface area contributed by atoms with Crippen LogP contribution >= 0.6 is 0 Å². The van der Waals surface area contributed by atoms with E-state index in [0.29, 0.717) is 27.8 Å². The molecule has 0 saturated heterocycles. The van der Waals surface area contributed by atoms with E-state index >= 15 is 0 Å². The first-order valence-electron chi connectivity index (χ1n) is 7.73. The molecule has 5 nitrogen and oxygen atoms in total. The number of methoxy groups -OCH3 is 2. The minimum Gasteiger partial charge on any atom is -0.497 e. The van der Waals surface area contributed by atoms with Gasteiger partial charge in [-0.1, -0.05) is 12.1 Å². The number of hydrogen-bond acceptors (Lipinski definition) is 5. The second-order valence-electron chi connectivity index (χ2n) is 5.53. The maximum atomic E-state index is 12.3. The number of aromatic nitrogens is 1. The number of rotatable bonds is 4. The van der Waals surface area contributed by atoms with Crippen molar-refractivity contribution >= 4 is 16.9 Å². The maximum Gasteiger partial charge on any atom is 0.573 e. The van der Waals surface area contributed by atoms with Crippen molar-refractivity contribution in [1.82, 2.24) is 4.98 Å². The van der Waals surface area contributed by atoms with Crippen LogP contribution in [-0.4, -0.2) is 31.5 Å². The molecule has 140 valence electrons. The van der Waals surface area contributed by atoms with E-state index in [2.05, 4.69) is 9.72 Å². The van der Waals surface area contributed by atoms with Gasteiger partial charge >= 0.3 is 12.3 Å². The molecule has 0 N–H and O–H groups in total. The molecule has 0 fully saturated rings. The van der Waals surface area contributed by atoms with Crippen LogP contribution in [0.25, 0.3) is 22.0 Å².